The van der Waals surface area contributed by atoms with Gasteiger partial charge in [-0.15, -0.1) is 11.8 Å². The first-order valence-electron chi connectivity index (χ1n) is 25.3. The summed E-state index contributed by atoms with van der Waals surface area (Å²) in [7, 11) is 1.32. The quantitative estimate of drug-likeness (QED) is 0.0346. The molecule has 3 aromatic rings. The number of nitrogens with two attached hydrogens (primary N) is 2. The lowest BCUT2D eigenvalue weighted by Crippen LogP contribution is -2.59. The van der Waals surface area contributed by atoms with Crippen molar-refractivity contribution in [1.82, 2.24) is 36.8 Å². The van der Waals surface area contributed by atoms with Gasteiger partial charge in [-0.1, -0.05) is 93.1 Å². The lowest BCUT2D eigenvalue weighted by atomic mass is 9.97. The highest BCUT2D eigenvalue weighted by Crippen LogP contribution is 2.17. The first kappa shape index (κ1) is 65.4. The van der Waals surface area contributed by atoms with Gasteiger partial charge in [0.05, 0.1) is 24.8 Å². The molecule has 13 N–H and O–H groups in total. The molecule has 8 amide bonds. The highest BCUT2D eigenvalue weighted by molar-refractivity contribution is 8.00. The minimum Gasteiger partial charge on any atom is -0.482 e. The summed E-state index contributed by atoms with van der Waals surface area (Å²) in [5.41, 5.74) is 13.7. The van der Waals surface area contributed by atoms with E-state index in [4.69, 9.17) is 21.3 Å². The van der Waals surface area contributed by atoms with E-state index in [1.54, 1.807) is 63.2 Å². The molecule has 79 heavy (non-hydrogen) atoms. The fourth-order valence-electron chi connectivity index (χ4n) is 7.64. The number of hydrogen-bond donors (Lipinski definition) is 11. The number of likely N-dealkylation sites (N-methyl/N-ethyl adjacent to an activating group) is 1. The van der Waals surface area contributed by atoms with Crippen molar-refractivity contribution in [3.63, 3.8) is 0 Å². The van der Waals surface area contributed by atoms with E-state index in [9.17, 15) is 63.0 Å². The number of carbonyl (C=O) groups is 11. The lowest BCUT2D eigenvalue weighted by Gasteiger charge is -2.30. The Morgan fingerprint density at radius 2 is 1.15 bits per heavy atom. The van der Waals surface area contributed by atoms with Gasteiger partial charge < -0.3 is 68.3 Å². The van der Waals surface area contributed by atoms with Crippen LogP contribution in [0.3, 0.4) is 0 Å². The molecule has 0 fully saturated rings. The van der Waals surface area contributed by atoms with Gasteiger partial charge in [0.15, 0.2) is 12.4 Å². The topological polar surface area (TPSA) is 385 Å². The van der Waals surface area contributed by atoms with E-state index in [1.165, 1.54) is 38.2 Å². The minimum absolute atomic E-state index is 0.0463. The number of hydrogen-bond acceptors (Lipinski definition) is 15. The molecule has 0 saturated carbocycles. The van der Waals surface area contributed by atoms with E-state index < -0.39 is 139 Å². The second-order valence-electron chi connectivity index (χ2n) is 19.2. The first-order valence-corrected chi connectivity index (χ1v) is 26.5. The number of primary amides is 1. The average molecular weight is 1120 g/mol. The van der Waals surface area contributed by atoms with Crippen molar-refractivity contribution in [2.45, 2.75) is 109 Å². The summed E-state index contributed by atoms with van der Waals surface area (Å²) in [5, 5.41) is 44.1. The van der Waals surface area contributed by atoms with Gasteiger partial charge in [-0.2, -0.15) is 0 Å². The van der Waals surface area contributed by atoms with Gasteiger partial charge in [-0.3, -0.25) is 47.9 Å². The molecule has 0 radical (unpaired) electrons. The molecule has 0 unspecified atom stereocenters. The zero-order chi connectivity index (χ0) is 58.9. The molecule has 8 atom stereocenters. The summed E-state index contributed by atoms with van der Waals surface area (Å²) < 4.78 is 5.23. The number of carboxylic acid groups (broad SMARTS) is 2. The van der Waals surface area contributed by atoms with Gasteiger partial charge in [0.2, 0.25) is 47.3 Å². The Bertz CT molecular complexity index is 2610. The second-order valence-corrected chi connectivity index (χ2v) is 20.2. The number of aliphatic carboxylic acids is 2. The molecule has 430 valence electrons. The fraction of sp³-hybridized carbons (Fsp3) is 0.463. The van der Waals surface area contributed by atoms with Crippen molar-refractivity contribution in [1.29, 1.82) is 0 Å². The highest BCUT2D eigenvalue weighted by atomic mass is 32.2. The van der Waals surface area contributed by atoms with Crippen LogP contribution in [-0.4, -0.2) is 166 Å². The van der Waals surface area contributed by atoms with Gasteiger partial charge in [-0.25, -0.2) is 4.79 Å². The first-order chi connectivity index (χ1) is 37.3. The molecule has 3 rings (SSSR count). The zero-order valence-electron chi connectivity index (χ0n) is 45.0. The number of aliphatic hydroxyl groups is 1. The highest BCUT2D eigenvalue weighted by Gasteiger charge is 2.35. The number of carboxylic acids is 2. The number of Topliss-reactive ketones (excluding diaryl/α,β-unsaturated/α-hetero) is 1. The van der Waals surface area contributed by atoms with Gasteiger partial charge in [0, 0.05) is 31.6 Å². The molecule has 0 spiro atoms. The predicted octanol–water partition coefficient (Wildman–Crippen LogP) is -0.862. The van der Waals surface area contributed by atoms with Crippen LogP contribution in [0.2, 0.25) is 0 Å². The number of ketones is 1. The number of aliphatic hydroxyl groups excluding tert-OH is 1. The zero-order valence-corrected chi connectivity index (χ0v) is 45.8. The second kappa shape index (κ2) is 32.7. The maximum absolute atomic E-state index is 14.7. The van der Waals surface area contributed by atoms with Gasteiger partial charge in [0.25, 0.3) is 0 Å². The largest absolute Gasteiger partial charge is 0.482 e. The van der Waals surface area contributed by atoms with Gasteiger partial charge >= 0.3 is 11.9 Å². The van der Waals surface area contributed by atoms with E-state index >= 15 is 0 Å². The normalized spacial score (nSPS) is 14.0. The molecule has 25 heteroatoms. The van der Waals surface area contributed by atoms with Crippen LogP contribution in [0.15, 0.2) is 78.9 Å². The SMILES string of the molecule is CC(=O)[C@H](Cc1cccc(C)c1)NC(=O)[C@H](CC(=O)O)NC(=O)[C@H](Cc1ccc(OCC(=O)O)cc1)NC(=O)[C@H](Cc1ccccc1)N(C)C(=O)CSC[C@H](NC(=O)[C@H](CO)NC(=O)[C@@H](C)C(C)C)C(=O)N[C@@H](CCN)C(N)=O. The Labute approximate surface area is 462 Å². The summed E-state index contributed by atoms with van der Waals surface area (Å²) >= 11 is 0.839. The Hall–Kier alpha value is -7.90. The molecule has 0 aliphatic carbocycles. The lowest BCUT2D eigenvalue weighted by molar-refractivity contribution is -0.142. The van der Waals surface area contributed by atoms with Crippen molar-refractivity contribution in [2.75, 3.05) is 38.3 Å². The summed E-state index contributed by atoms with van der Waals surface area (Å²) in [5.74, 6) is -11.4. The number of aryl methyl sites for hydroxylation is 1. The predicted molar refractivity (Wildman–Crippen MR) is 291 cm³/mol. The maximum atomic E-state index is 14.7. The van der Waals surface area contributed by atoms with Crippen molar-refractivity contribution in [3.05, 3.63) is 101 Å². The van der Waals surface area contributed by atoms with Crippen molar-refractivity contribution < 1.29 is 72.8 Å². The number of amides is 8. The molecular formula is C54H73N9O15S. The number of carbonyl (C=O) groups excluding carboxylic acids is 9. The molecule has 0 heterocycles. The van der Waals surface area contributed by atoms with Crippen LogP contribution in [0.4, 0.5) is 0 Å². The number of ether oxygens (including phenoxy) is 1. The van der Waals surface area contributed by atoms with E-state index in [0.717, 1.165) is 22.2 Å². The molecule has 0 bridgehead atoms. The summed E-state index contributed by atoms with van der Waals surface area (Å²) in [6.45, 7) is 6.76. The number of benzene rings is 3. The van der Waals surface area contributed by atoms with Crippen molar-refractivity contribution in [3.8, 4) is 5.75 Å². The van der Waals surface area contributed by atoms with E-state index in [1.807, 2.05) is 19.1 Å². The summed E-state index contributed by atoms with van der Waals surface area (Å²) in [6.07, 6.45) is -1.37. The monoisotopic (exact) mass is 1120 g/mol. The molecule has 0 aromatic heterocycles. The van der Waals surface area contributed by atoms with Crippen LogP contribution in [0.5, 0.6) is 5.75 Å². The van der Waals surface area contributed by atoms with Gasteiger partial charge in [0.1, 0.15) is 42.0 Å². The Morgan fingerprint density at radius 3 is 1.72 bits per heavy atom. The van der Waals surface area contributed by atoms with E-state index in [-0.39, 0.29) is 49.6 Å². The smallest absolute Gasteiger partial charge is 0.341 e. The van der Waals surface area contributed by atoms with Crippen LogP contribution in [0, 0.1) is 18.8 Å². The molecule has 0 aliphatic rings. The number of thioether (sulfide) groups is 1. The molecule has 0 aliphatic heterocycles. The van der Waals surface area contributed by atoms with Crippen LogP contribution in [0.25, 0.3) is 0 Å². The summed E-state index contributed by atoms with van der Waals surface area (Å²) in [4.78, 5) is 146. The van der Waals surface area contributed by atoms with Crippen LogP contribution in [-0.2, 0) is 72.0 Å². The number of nitrogens with zero attached hydrogens (tertiary/aromatic N) is 1. The Morgan fingerprint density at radius 1 is 0.620 bits per heavy atom. The Balaban J connectivity index is 1.98. The van der Waals surface area contributed by atoms with Crippen LogP contribution < -0.4 is 48.1 Å². The number of rotatable bonds is 34. The minimum atomic E-state index is -1.77. The van der Waals surface area contributed by atoms with Crippen LogP contribution in [0.1, 0.15) is 62.8 Å². The van der Waals surface area contributed by atoms with Crippen molar-refractivity contribution in [2.24, 2.45) is 23.3 Å². The standard InChI is InChI=1S/C54H73N9O15S/c1-30(2)32(4)49(72)61-42(26-64)52(75)62-43(53(76)57-38(19-20-55)48(56)71)28-79-29-45(66)63(6)44(24-34-12-8-7-9-13-34)54(77)60-40(22-35-15-17-37(18-16-35)78-27-47(69)70)50(73)59-41(25-46(67)68)51(74)58-39(33(5)65)23-36-14-10-11-31(3)21-36/h7-18,21,30,32,38-44,64H,19-20,22-29,55H2,1-6H3,(H2,56,71)(H,57,76)(H,58,74)(H,59,73)(H,60,77)(H,61,72)(H,62,75)(H,67,68)(H,69,70)/t32-,38-,39-,40-,41-,42-,43-,44-/m0/s1. The van der Waals surface area contributed by atoms with E-state index in [2.05, 4.69) is 31.9 Å². The number of nitrogens with one attached hydrogen (secondary N) is 6. The fourth-order valence-corrected chi connectivity index (χ4v) is 8.61. The van der Waals surface area contributed by atoms with Crippen LogP contribution >= 0.6 is 11.8 Å². The van der Waals surface area contributed by atoms with Gasteiger partial charge in [-0.05, 0) is 68.0 Å². The molecule has 3 aromatic carbocycles. The van der Waals surface area contributed by atoms with Crippen molar-refractivity contribution >= 4 is 76.7 Å². The molecule has 24 nitrogen and oxygen atoms in total. The van der Waals surface area contributed by atoms with E-state index in [0.29, 0.717) is 16.7 Å². The third-order valence-electron chi connectivity index (χ3n) is 12.6. The Kier molecular flexibility index (Phi) is 27.1. The summed E-state index contributed by atoms with van der Waals surface area (Å²) in [6, 6.07) is 11.4. The average Bonchev–Trinajstić information content (AvgIpc) is 3.40. The third kappa shape index (κ3) is 22.5. The molecular weight excluding hydrogens is 1050 g/mol. The third-order valence-corrected chi connectivity index (χ3v) is 13.6. The maximum Gasteiger partial charge on any atom is 0.341 e. The molecule has 0 saturated heterocycles.